The van der Waals surface area contributed by atoms with E-state index in [0.717, 1.165) is 0 Å². The van der Waals surface area contributed by atoms with Gasteiger partial charge in [0.15, 0.2) is 0 Å². The third-order valence-electron chi connectivity index (χ3n) is 7.39. The van der Waals surface area contributed by atoms with E-state index in [0.29, 0.717) is 0 Å². The number of alkyl halides is 27. The van der Waals surface area contributed by atoms with Gasteiger partial charge < -0.3 is 33.2 Å². The zero-order valence-electron chi connectivity index (χ0n) is 29.7. The second-order valence-electron chi connectivity index (χ2n) is 12.1. The molecule has 63 heavy (non-hydrogen) atoms. The molecule has 10 nitrogen and oxygen atoms in total. The first-order valence-electron chi connectivity index (χ1n) is 15.4. The summed E-state index contributed by atoms with van der Waals surface area (Å²) in [5, 5.41) is 0. The first-order valence-corrected chi connectivity index (χ1v) is 17.0. The third kappa shape index (κ3) is 14.4. The Morgan fingerprint density at radius 1 is 0.302 bits per heavy atom. The van der Waals surface area contributed by atoms with Crippen molar-refractivity contribution in [1.82, 2.24) is 0 Å². The molecule has 0 unspecified atom stereocenters. The first kappa shape index (κ1) is 60.7. The van der Waals surface area contributed by atoms with Crippen molar-refractivity contribution in [1.29, 1.82) is 0 Å². The zero-order valence-corrected chi connectivity index (χ0v) is 30.5. The average molecular weight is 1030 g/mol. The summed E-state index contributed by atoms with van der Waals surface area (Å²) in [6.07, 6.45) is -72.7. The van der Waals surface area contributed by atoms with Crippen LogP contribution in [-0.4, -0.2) is 164 Å². The van der Waals surface area contributed by atoms with Crippen LogP contribution in [0.2, 0.25) is 0 Å². The van der Waals surface area contributed by atoms with Gasteiger partial charge in [0.05, 0.1) is 83.8 Å². The highest BCUT2D eigenvalue weighted by molar-refractivity contribution is 7.85. The second-order valence-corrected chi connectivity index (χ2v) is 13.6. The SMILES string of the molecule is O=S(=O)(O)CCOCCOCCOCCOCC(COC(C(F)(F)F)(C(F)(F)F)C(F)(F)F)(COC(C(F)(F)F)(C(F)(F)F)C(F)(F)F)COC(C(F)(F)F)(C(F)(F)F)C(F)(F)F. The van der Waals surface area contributed by atoms with Crippen molar-refractivity contribution < 1.29 is 165 Å². The summed E-state index contributed by atoms with van der Waals surface area (Å²) in [6, 6.07) is 0. The van der Waals surface area contributed by atoms with Crippen LogP contribution in [0.1, 0.15) is 0 Å². The van der Waals surface area contributed by atoms with Gasteiger partial charge in [0.2, 0.25) is 0 Å². The monoisotopic (exact) mass is 1030 g/mol. The van der Waals surface area contributed by atoms with Gasteiger partial charge in [-0.25, -0.2) is 0 Å². The molecule has 0 rings (SSSR count). The lowest BCUT2D eigenvalue weighted by Crippen LogP contribution is -2.71. The number of hydrogen-bond acceptors (Lipinski definition) is 9. The van der Waals surface area contributed by atoms with Gasteiger partial charge in [-0.1, -0.05) is 0 Å². The molecule has 0 radical (unpaired) electrons. The second kappa shape index (κ2) is 20.3. The maximum atomic E-state index is 13.6. The molecule has 38 heteroatoms. The van der Waals surface area contributed by atoms with Crippen LogP contribution in [0.15, 0.2) is 0 Å². The molecule has 0 bridgehead atoms. The molecule has 0 aromatic rings. The number of ether oxygens (including phenoxy) is 7. The fraction of sp³-hybridized carbons (Fsp3) is 1.00. The lowest BCUT2D eigenvalue weighted by Gasteiger charge is -2.45. The Hall–Kier alpha value is -2.26. The minimum atomic E-state index is -8.08. The molecule has 380 valence electrons. The molecule has 0 saturated carbocycles. The molecule has 1 N–H and O–H groups in total. The standard InChI is InChI=1S/C25H25F27O10S/c26-17(27,28)14(18(29,30)31,19(32,33)34)60-10-13(11-61-15(20(35,36)37,21(38,39)40)22(41,42)43,12-62-16(23(44,45)46,24(47,48)49)25(50,51)52)9-59-6-5-57-2-1-56-3-4-58-7-8-63(53,54)55/h1-12H2,(H,53,54,55). The van der Waals surface area contributed by atoms with Gasteiger partial charge in [-0.3, -0.25) is 4.55 Å². The summed E-state index contributed by atoms with van der Waals surface area (Å²) in [4.78, 5) is 0. The van der Waals surface area contributed by atoms with E-state index in [4.69, 9.17) is 9.29 Å². The van der Waals surface area contributed by atoms with Crippen molar-refractivity contribution in [3.63, 3.8) is 0 Å². The summed E-state index contributed by atoms with van der Waals surface area (Å²) >= 11 is 0. The molecule has 0 heterocycles. The quantitative estimate of drug-likeness (QED) is 0.0609. The third-order valence-corrected chi connectivity index (χ3v) is 8.07. The molecule has 0 aliphatic carbocycles. The molecule has 0 amide bonds. The highest BCUT2D eigenvalue weighted by atomic mass is 32.2. The topological polar surface area (TPSA) is 119 Å². The van der Waals surface area contributed by atoms with Crippen molar-refractivity contribution in [3.05, 3.63) is 0 Å². The molecule has 0 aromatic heterocycles. The van der Waals surface area contributed by atoms with E-state index in [1.54, 1.807) is 0 Å². The van der Waals surface area contributed by atoms with Gasteiger partial charge in [-0.2, -0.15) is 127 Å². The molecule has 0 spiro atoms. The van der Waals surface area contributed by atoms with Crippen molar-refractivity contribution in [2.75, 3.05) is 78.4 Å². The van der Waals surface area contributed by atoms with Crippen LogP contribution < -0.4 is 0 Å². The predicted molar refractivity (Wildman–Crippen MR) is 143 cm³/mol. The fourth-order valence-electron chi connectivity index (χ4n) is 4.33. The van der Waals surface area contributed by atoms with E-state index in [2.05, 4.69) is 28.4 Å². The van der Waals surface area contributed by atoms with E-state index in [1.807, 2.05) is 0 Å². The van der Waals surface area contributed by atoms with Crippen LogP contribution in [0.3, 0.4) is 0 Å². The van der Waals surface area contributed by atoms with E-state index in [1.165, 1.54) is 0 Å². The Morgan fingerprint density at radius 3 is 0.683 bits per heavy atom. The highest BCUT2D eigenvalue weighted by Gasteiger charge is 2.88. The molecular weight excluding hydrogens is 1010 g/mol. The highest BCUT2D eigenvalue weighted by Crippen LogP contribution is 2.59. The van der Waals surface area contributed by atoms with Gasteiger partial charge in [0.25, 0.3) is 10.1 Å². The van der Waals surface area contributed by atoms with E-state index in [9.17, 15) is 127 Å². The van der Waals surface area contributed by atoms with Crippen LogP contribution in [0, 0.1) is 5.41 Å². The number of hydrogen-bond donors (Lipinski definition) is 1. The van der Waals surface area contributed by atoms with E-state index >= 15 is 0 Å². The Balaban J connectivity index is 7.58. The molecule has 0 atom stereocenters. The molecule has 0 fully saturated rings. The van der Waals surface area contributed by atoms with Crippen LogP contribution >= 0.6 is 0 Å². The lowest BCUT2D eigenvalue weighted by atomic mass is 9.89. The van der Waals surface area contributed by atoms with Crippen molar-refractivity contribution >= 4 is 10.1 Å². The average Bonchev–Trinajstić information content (AvgIpc) is 2.97. The Kier molecular flexibility index (Phi) is 19.6. The van der Waals surface area contributed by atoms with Gasteiger partial charge in [-0.05, 0) is 0 Å². The van der Waals surface area contributed by atoms with Crippen LogP contribution in [0.5, 0.6) is 0 Å². The van der Waals surface area contributed by atoms with Crippen molar-refractivity contribution in [2.24, 2.45) is 5.41 Å². The molecular formula is C25H25F27O10S. The first-order chi connectivity index (χ1) is 27.6. The minimum Gasteiger partial charge on any atom is -0.378 e. The predicted octanol–water partition coefficient (Wildman–Crippen LogP) is 8.25. The van der Waals surface area contributed by atoms with Gasteiger partial charge in [0, 0.05) is 0 Å². The maximum Gasteiger partial charge on any atom is 0.435 e. The normalized spacial score (nSPS) is 15.7. The van der Waals surface area contributed by atoms with E-state index in [-0.39, 0.29) is 0 Å². The maximum absolute atomic E-state index is 13.6. The van der Waals surface area contributed by atoms with Crippen LogP contribution in [-0.2, 0) is 43.3 Å². The summed E-state index contributed by atoms with van der Waals surface area (Å²) in [5.74, 6) is -0.892. The number of rotatable bonds is 23. The fourth-order valence-corrected chi connectivity index (χ4v) is 4.66. The van der Waals surface area contributed by atoms with Gasteiger partial charge >= 0.3 is 72.4 Å². The van der Waals surface area contributed by atoms with Crippen LogP contribution in [0.25, 0.3) is 0 Å². The summed E-state index contributed by atoms with van der Waals surface area (Å²) < 4.78 is 424. The molecule has 0 aliphatic heterocycles. The summed E-state index contributed by atoms with van der Waals surface area (Å²) in [6.45, 7) is -20.8. The van der Waals surface area contributed by atoms with Gasteiger partial charge in [-0.15, -0.1) is 0 Å². The molecule has 0 saturated heterocycles. The smallest absolute Gasteiger partial charge is 0.378 e. The van der Waals surface area contributed by atoms with E-state index < -0.39 is 166 Å². The molecule has 0 aromatic carbocycles. The van der Waals surface area contributed by atoms with Crippen molar-refractivity contribution in [2.45, 2.75) is 72.4 Å². The Morgan fingerprint density at radius 2 is 0.492 bits per heavy atom. The zero-order chi connectivity index (χ0) is 50.4. The summed E-state index contributed by atoms with van der Waals surface area (Å²) in [5.41, 5.74) is -29.0. The lowest BCUT2D eigenvalue weighted by molar-refractivity contribution is -0.474. The number of halogens is 27. The van der Waals surface area contributed by atoms with Crippen molar-refractivity contribution in [3.8, 4) is 0 Å². The summed E-state index contributed by atoms with van der Waals surface area (Å²) in [7, 11) is -4.45. The van der Waals surface area contributed by atoms with Gasteiger partial charge in [0.1, 0.15) is 0 Å². The Labute approximate surface area is 331 Å². The Bertz CT molecular complexity index is 1260. The molecule has 0 aliphatic rings. The largest absolute Gasteiger partial charge is 0.435 e. The van der Waals surface area contributed by atoms with Crippen LogP contribution in [0.4, 0.5) is 119 Å². The minimum absolute atomic E-state index is 0.415.